The monoisotopic (exact) mass is 202 g/mol. The van der Waals surface area contributed by atoms with Crippen LogP contribution in [0.25, 0.3) is 0 Å². The Morgan fingerprint density at radius 3 is 2.21 bits per heavy atom. The summed E-state index contributed by atoms with van der Waals surface area (Å²) in [6.45, 7) is 1.38. The van der Waals surface area contributed by atoms with Crippen LogP contribution in [0.1, 0.15) is 38.5 Å². The van der Waals surface area contributed by atoms with Crippen molar-refractivity contribution >= 4 is 5.97 Å². The number of esters is 1. The van der Waals surface area contributed by atoms with Gasteiger partial charge in [0.05, 0.1) is 6.61 Å². The second kappa shape index (κ2) is 6.79. The number of rotatable bonds is 0. The summed E-state index contributed by atoms with van der Waals surface area (Å²) in [6, 6.07) is 0. The fourth-order valence-corrected chi connectivity index (χ4v) is 1.35. The molecule has 0 amide bonds. The predicted molar refractivity (Wildman–Crippen MR) is 50.6 cm³/mol. The Morgan fingerprint density at radius 2 is 1.93 bits per heavy atom. The van der Waals surface area contributed by atoms with Gasteiger partial charge in [-0.3, -0.25) is 4.79 Å². The lowest BCUT2D eigenvalue weighted by atomic mass is 10.2. The van der Waals surface area contributed by atoms with E-state index in [9.17, 15) is 4.79 Å². The van der Waals surface area contributed by atoms with Crippen LogP contribution in [0, 0.1) is 0 Å². The molecule has 1 atom stereocenters. The number of hydrogen-bond acceptors (Lipinski definition) is 4. The summed E-state index contributed by atoms with van der Waals surface area (Å²) in [6.07, 6.45) is 5.26. The van der Waals surface area contributed by atoms with Crippen molar-refractivity contribution < 1.29 is 19.4 Å². The van der Waals surface area contributed by atoms with E-state index in [-0.39, 0.29) is 5.97 Å². The zero-order valence-corrected chi connectivity index (χ0v) is 8.41. The van der Waals surface area contributed by atoms with Crippen molar-refractivity contribution in [2.24, 2.45) is 0 Å². The van der Waals surface area contributed by atoms with E-state index in [4.69, 9.17) is 9.84 Å². The maximum absolute atomic E-state index is 10.2. The molecule has 0 saturated carbocycles. The molecule has 14 heavy (non-hydrogen) atoms. The number of carbonyl (C=O) groups is 1. The van der Waals surface area contributed by atoms with Gasteiger partial charge in [0.1, 0.15) is 0 Å². The fraction of sp³-hybridized carbons (Fsp3) is 0.900. The van der Waals surface area contributed by atoms with E-state index < -0.39 is 6.29 Å². The third-order valence-corrected chi connectivity index (χ3v) is 2.19. The number of aliphatic hydroxyl groups is 1. The highest BCUT2D eigenvalue weighted by Gasteiger charge is 2.07. The molecule has 1 unspecified atom stereocenters. The number of hydrogen-bond donors (Lipinski definition) is 1. The summed E-state index contributed by atoms with van der Waals surface area (Å²) >= 11 is 0. The number of aliphatic hydroxyl groups excluding tert-OH is 1. The van der Waals surface area contributed by atoms with Crippen LogP contribution >= 0.6 is 0 Å². The first kappa shape index (κ1) is 11.5. The number of cyclic esters (lactones) is 1. The highest BCUT2D eigenvalue weighted by atomic mass is 16.6. The second-order valence-electron chi connectivity index (χ2n) is 3.50. The standard InChI is InChI=1S/C5H10O2.C5H8O2/c2*6-5-3-1-2-4-7-5/h5-6H,1-4H2;1-4H2. The smallest absolute Gasteiger partial charge is 0.305 e. The minimum Gasteiger partial charge on any atom is -0.466 e. The third kappa shape index (κ3) is 5.19. The molecule has 0 aliphatic carbocycles. The molecule has 2 heterocycles. The third-order valence-electron chi connectivity index (χ3n) is 2.19. The lowest BCUT2D eigenvalue weighted by Crippen LogP contribution is -2.17. The minimum absolute atomic E-state index is 0.0359. The molecule has 2 aliphatic rings. The Labute approximate surface area is 84.2 Å². The topological polar surface area (TPSA) is 55.8 Å². The Kier molecular flexibility index (Phi) is 5.56. The molecular formula is C10H18O4. The molecule has 82 valence electrons. The van der Waals surface area contributed by atoms with Gasteiger partial charge in [-0.15, -0.1) is 0 Å². The van der Waals surface area contributed by atoms with Gasteiger partial charge in [-0.1, -0.05) is 0 Å². The van der Waals surface area contributed by atoms with Crippen LogP contribution in [0.2, 0.25) is 0 Å². The summed E-state index contributed by atoms with van der Waals surface area (Å²) < 4.78 is 9.47. The fourth-order valence-electron chi connectivity index (χ4n) is 1.35. The maximum atomic E-state index is 10.2. The Hall–Kier alpha value is -0.610. The first-order valence-corrected chi connectivity index (χ1v) is 5.24. The summed E-state index contributed by atoms with van der Waals surface area (Å²) in [5.41, 5.74) is 0. The average molecular weight is 202 g/mol. The van der Waals surface area contributed by atoms with Crippen molar-refractivity contribution in [2.75, 3.05) is 13.2 Å². The molecule has 0 aromatic rings. The summed E-state index contributed by atoms with van der Waals surface area (Å²) in [4.78, 5) is 10.2. The molecule has 0 spiro atoms. The molecule has 4 nitrogen and oxygen atoms in total. The molecular weight excluding hydrogens is 184 g/mol. The van der Waals surface area contributed by atoms with Crippen LogP contribution in [0.4, 0.5) is 0 Å². The summed E-state index contributed by atoms with van der Waals surface area (Å²) in [5, 5.41) is 8.69. The van der Waals surface area contributed by atoms with Gasteiger partial charge in [0.25, 0.3) is 0 Å². The van der Waals surface area contributed by atoms with E-state index in [0.717, 1.165) is 38.7 Å². The van der Waals surface area contributed by atoms with Crippen molar-refractivity contribution in [3.8, 4) is 0 Å². The first-order chi connectivity index (χ1) is 6.79. The van der Waals surface area contributed by atoms with Gasteiger partial charge in [0.2, 0.25) is 0 Å². The first-order valence-electron chi connectivity index (χ1n) is 5.24. The Balaban J connectivity index is 0.000000140. The van der Waals surface area contributed by atoms with Crippen molar-refractivity contribution in [3.63, 3.8) is 0 Å². The van der Waals surface area contributed by atoms with Crippen LogP contribution in [-0.2, 0) is 14.3 Å². The van der Waals surface area contributed by atoms with E-state index in [2.05, 4.69) is 4.74 Å². The van der Waals surface area contributed by atoms with Crippen LogP contribution in [0.5, 0.6) is 0 Å². The SMILES string of the molecule is O=C1CCCCO1.OC1CCCCO1. The Morgan fingerprint density at radius 1 is 1.14 bits per heavy atom. The van der Waals surface area contributed by atoms with Crippen LogP contribution in [0.15, 0.2) is 0 Å². The molecule has 2 fully saturated rings. The van der Waals surface area contributed by atoms with Gasteiger partial charge in [0, 0.05) is 13.0 Å². The van der Waals surface area contributed by atoms with Gasteiger partial charge in [-0.25, -0.2) is 0 Å². The van der Waals surface area contributed by atoms with E-state index in [1.807, 2.05) is 0 Å². The van der Waals surface area contributed by atoms with Gasteiger partial charge in [0.15, 0.2) is 6.29 Å². The zero-order chi connectivity index (χ0) is 10.2. The maximum Gasteiger partial charge on any atom is 0.305 e. The lowest BCUT2D eigenvalue weighted by molar-refractivity contribution is -0.146. The Bertz CT molecular complexity index is 156. The van der Waals surface area contributed by atoms with Crippen LogP contribution in [0.3, 0.4) is 0 Å². The summed E-state index contributed by atoms with van der Waals surface area (Å²) in [5.74, 6) is -0.0359. The lowest BCUT2D eigenvalue weighted by Gasteiger charge is -2.16. The van der Waals surface area contributed by atoms with Crippen molar-refractivity contribution in [3.05, 3.63) is 0 Å². The van der Waals surface area contributed by atoms with Gasteiger partial charge >= 0.3 is 5.97 Å². The highest BCUT2D eigenvalue weighted by molar-refractivity contribution is 5.69. The zero-order valence-electron chi connectivity index (χ0n) is 8.41. The molecule has 2 rings (SSSR count). The predicted octanol–water partition coefficient (Wildman–Crippen LogP) is 1.22. The quantitative estimate of drug-likeness (QED) is 0.600. The molecule has 2 saturated heterocycles. The van der Waals surface area contributed by atoms with E-state index in [1.54, 1.807) is 0 Å². The van der Waals surface area contributed by atoms with Gasteiger partial charge in [-0.05, 0) is 32.1 Å². The van der Waals surface area contributed by atoms with Crippen molar-refractivity contribution in [2.45, 2.75) is 44.8 Å². The van der Waals surface area contributed by atoms with E-state index in [1.165, 1.54) is 0 Å². The molecule has 1 N–H and O–H groups in total. The summed E-state index contributed by atoms with van der Waals surface area (Å²) in [7, 11) is 0. The second-order valence-corrected chi connectivity index (χ2v) is 3.50. The number of ether oxygens (including phenoxy) is 2. The highest BCUT2D eigenvalue weighted by Crippen LogP contribution is 2.08. The van der Waals surface area contributed by atoms with Crippen LogP contribution in [-0.4, -0.2) is 30.6 Å². The molecule has 0 aromatic carbocycles. The number of carbonyl (C=O) groups excluding carboxylic acids is 1. The van der Waals surface area contributed by atoms with Crippen molar-refractivity contribution in [1.82, 2.24) is 0 Å². The van der Waals surface area contributed by atoms with Crippen molar-refractivity contribution in [1.29, 1.82) is 0 Å². The molecule has 4 heteroatoms. The van der Waals surface area contributed by atoms with Crippen LogP contribution < -0.4 is 0 Å². The average Bonchev–Trinajstić information content (AvgIpc) is 2.21. The molecule has 2 aliphatic heterocycles. The minimum atomic E-state index is -0.464. The largest absolute Gasteiger partial charge is 0.466 e. The van der Waals surface area contributed by atoms with E-state index >= 15 is 0 Å². The van der Waals surface area contributed by atoms with E-state index in [0.29, 0.717) is 13.0 Å². The van der Waals surface area contributed by atoms with Gasteiger partial charge in [-0.2, -0.15) is 0 Å². The normalized spacial score (nSPS) is 27.2. The van der Waals surface area contributed by atoms with Gasteiger partial charge < -0.3 is 14.6 Å². The molecule has 0 radical (unpaired) electrons. The molecule has 0 bridgehead atoms. The molecule has 0 aromatic heterocycles.